The quantitative estimate of drug-likeness (QED) is 0.427. The minimum Gasteiger partial charge on any atom is -1.00 e. The van der Waals surface area contributed by atoms with Crippen LogP contribution in [0.2, 0.25) is 0 Å². The second-order valence-electron chi connectivity index (χ2n) is 1.77. The Bertz CT molecular complexity index is 231. The van der Waals surface area contributed by atoms with E-state index in [9.17, 15) is 4.79 Å². The molecule has 0 aromatic rings. The predicted molar refractivity (Wildman–Crippen MR) is 34.0 cm³/mol. The summed E-state index contributed by atoms with van der Waals surface area (Å²) in [4.78, 5) is 10.2. The van der Waals surface area contributed by atoms with Crippen LogP contribution in [0.4, 0.5) is 0 Å². The van der Waals surface area contributed by atoms with Gasteiger partial charge >= 0.3 is 57.4 Å². The molecule has 0 amide bonds. The third kappa shape index (κ3) is 3.69. The van der Waals surface area contributed by atoms with Crippen LogP contribution in [-0.2, 0) is 4.79 Å². The zero-order valence-corrected chi connectivity index (χ0v) is 10.1. The number of halogens is 1. The summed E-state index contributed by atoms with van der Waals surface area (Å²) < 4.78 is 0. The van der Waals surface area contributed by atoms with Crippen molar-refractivity contribution < 1.29 is 73.7 Å². The summed E-state index contributed by atoms with van der Waals surface area (Å²) in [6.45, 7) is 3.52. The second-order valence-corrected chi connectivity index (χ2v) is 1.77. The fourth-order valence-electron chi connectivity index (χ4n) is 0.666. The molecule has 0 aromatic carbocycles. The molecule has 0 bridgehead atoms. The van der Waals surface area contributed by atoms with Crippen LogP contribution in [0, 0.1) is 0 Å². The van der Waals surface area contributed by atoms with E-state index in [2.05, 4.69) is 6.58 Å². The van der Waals surface area contributed by atoms with Gasteiger partial charge in [-0.05, 0) is 11.6 Å². The SMILES string of the molecule is C=C1C=CC=C1C(=O)O.[Cl-].[K+]. The first-order valence-electron chi connectivity index (χ1n) is 2.53. The largest absolute Gasteiger partial charge is 1.00 e. The molecule has 1 rings (SSSR count). The first-order valence-corrected chi connectivity index (χ1v) is 2.53. The van der Waals surface area contributed by atoms with E-state index in [1.165, 1.54) is 6.08 Å². The van der Waals surface area contributed by atoms with E-state index < -0.39 is 5.97 Å². The van der Waals surface area contributed by atoms with Crippen LogP contribution >= 0.6 is 0 Å². The Balaban J connectivity index is 0. The van der Waals surface area contributed by atoms with Gasteiger partial charge in [0.05, 0.1) is 5.57 Å². The number of carboxylic acid groups (broad SMARTS) is 1. The molecule has 0 saturated carbocycles. The summed E-state index contributed by atoms with van der Waals surface area (Å²) in [6.07, 6.45) is 4.87. The molecule has 0 saturated heterocycles. The van der Waals surface area contributed by atoms with E-state index in [1.54, 1.807) is 12.2 Å². The van der Waals surface area contributed by atoms with Crippen molar-refractivity contribution in [1.29, 1.82) is 0 Å². The van der Waals surface area contributed by atoms with E-state index in [1.807, 2.05) is 0 Å². The monoisotopic (exact) mass is 196 g/mol. The summed E-state index contributed by atoms with van der Waals surface area (Å²) in [5.74, 6) is -0.912. The van der Waals surface area contributed by atoms with Crippen molar-refractivity contribution >= 4 is 5.97 Å². The number of allylic oxidation sites excluding steroid dienone is 3. The first kappa shape index (κ1) is 14.2. The van der Waals surface area contributed by atoms with Gasteiger partial charge in [0.1, 0.15) is 0 Å². The van der Waals surface area contributed by atoms with Gasteiger partial charge in [0.15, 0.2) is 0 Å². The third-order valence-corrected chi connectivity index (χ3v) is 1.14. The Hall–Kier alpha value is 0.616. The molecule has 2 nitrogen and oxygen atoms in total. The van der Waals surface area contributed by atoms with E-state index in [4.69, 9.17) is 5.11 Å². The predicted octanol–water partition coefficient (Wildman–Crippen LogP) is -4.87. The van der Waals surface area contributed by atoms with Crippen LogP contribution in [0.3, 0.4) is 0 Å². The van der Waals surface area contributed by atoms with Crippen LogP contribution < -0.4 is 63.8 Å². The van der Waals surface area contributed by atoms with Gasteiger partial charge in [0.25, 0.3) is 0 Å². The number of hydrogen-bond donors (Lipinski definition) is 1. The van der Waals surface area contributed by atoms with Gasteiger partial charge in [-0.1, -0.05) is 18.7 Å². The molecule has 0 aliphatic heterocycles. The maximum absolute atomic E-state index is 10.2. The van der Waals surface area contributed by atoms with Crippen LogP contribution in [0.25, 0.3) is 0 Å². The molecule has 0 atom stereocenters. The average Bonchev–Trinajstić information content (AvgIpc) is 2.13. The number of hydrogen-bond acceptors (Lipinski definition) is 1. The molecule has 0 fully saturated rings. The standard InChI is InChI=1S/C7H6O2.ClH.K/c1-5-3-2-4-6(5)7(8)9;;/h2-4H,1H2,(H,8,9);1H;/q;;+1/p-1. The molecule has 1 aliphatic carbocycles. The number of rotatable bonds is 1. The summed E-state index contributed by atoms with van der Waals surface area (Å²) >= 11 is 0. The van der Waals surface area contributed by atoms with Gasteiger partial charge in [-0.15, -0.1) is 0 Å². The first-order chi connectivity index (χ1) is 4.22. The third-order valence-electron chi connectivity index (χ3n) is 1.14. The van der Waals surface area contributed by atoms with Gasteiger partial charge in [0, 0.05) is 0 Å². The summed E-state index contributed by atoms with van der Waals surface area (Å²) in [7, 11) is 0. The van der Waals surface area contributed by atoms with Crippen molar-refractivity contribution in [2.75, 3.05) is 0 Å². The van der Waals surface area contributed by atoms with Gasteiger partial charge in [-0.3, -0.25) is 0 Å². The normalized spacial score (nSPS) is 13.1. The summed E-state index contributed by atoms with van der Waals surface area (Å²) in [5, 5.41) is 8.41. The van der Waals surface area contributed by atoms with Crippen molar-refractivity contribution in [2.45, 2.75) is 0 Å². The van der Waals surface area contributed by atoms with Crippen molar-refractivity contribution in [3.63, 3.8) is 0 Å². The Labute approximate surface area is 114 Å². The molecule has 0 heterocycles. The number of carboxylic acids is 1. The molecular formula is C7H6ClKO2. The second kappa shape index (κ2) is 6.17. The van der Waals surface area contributed by atoms with Crippen LogP contribution in [0.1, 0.15) is 0 Å². The Morgan fingerprint density at radius 3 is 2.27 bits per heavy atom. The topological polar surface area (TPSA) is 37.3 Å². The Morgan fingerprint density at radius 2 is 2.09 bits per heavy atom. The van der Waals surface area contributed by atoms with E-state index in [-0.39, 0.29) is 69.4 Å². The molecule has 1 aliphatic rings. The van der Waals surface area contributed by atoms with E-state index in [0.29, 0.717) is 5.57 Å². The fraction of sp³-hybridized carbons (Fsp3) is 0. The molecule has 0 spiro atoms. The van der Waals surface area contributed by atoms with Crippen LogP contribution in [-0.4, -0.2) is 11.1 Å². The van der Waals surface area contributed by atoms with Gasteiger partial charge in [0.2, 0.25) is 0 Å². The van der Waals surface area contributed by atoms with Crippen molar-refractivity contribution in [3.8, 4) is 0 Å². The van der Waals surface area contributed by atoms with Gasteiger partial charge in [-0.25, -0.2) is 4.79 Å². The average molecular weight is 197 g/mol. The molecular weight excluding hydrogens is 191 g/mol. The van der Waals surface area contributed by atoms with E-state index >= 15 is 0 Å². The minimum atomic E-state index is -0.912. The number of carbonyl (C=O) groups is 1. The number of aliphatic carboxylic acids is 1. The van der Waals surface area contributed by atoms with E-state index in [0.717, 1.165) is 0 Å². The molecule has 0 aromatic heterocycles. The zero-order chi connectivity index (χ0) is 6.85. The molecule has 4 heteroatoms. The molecule has 54 valence electrons. The molecule has 0 radical (unpaired) electrons. The van der Waals surface area contributed by atoms with Crippen LogP contribution in [0.5, 0.6) is 0 Å². The Kier molecular flexibility index (Phi) is 7.94. The zero-order valence-electron chi connectivity index (χ0n) is 6.17. The Morgan fingerprint density at radius 1 is 1.55 bits per heavy atom. The fourth-order valence-corrected chi connectivity index (χ4v) is 0.666. The smallest absolute Gasteiger partial charge is 1.00 e. The molecule has 0 unspecified atom stereocenters. The maximum atomic E-state index is 10.2. The maximum Gasteiger partial charge on any atom is 1.00 e. The van der Waals surface area contributed by atoms with Crippen LogP contribution in [0.15, 0.2) is 36.0 Å². The molecule has 11 heavy (non-hydrogen) atoms. The van der Waals surface area contributed by atoms with Gasteiger partial charge in [-0.2, -0.15) is 0 Å². The van der Waals surface area contributed by atoms with Crippen molar-refractivity contribution in [1.82, 2.24) is 0 Å². The minimum absolute atomic E-state index is 0. The molecule has 1 N–H and O–H groups in total. The summed E-state index contributed by atoms with van der Waals surface area (Å²) in [5.41, 5.74) is 0.859. The van der Waals surface area contributed by atoms with Crippen molar-refractivity contribution in [2.24, 2.45) is 0 Å². The van der Waals surface area contributed by atoms with Crippen molar-refractivity contribution in [3.05, 3.63) is 36.0 Å². The van der Waals surface area contributed by atoms with Gasteiger partial charge < -0.3 is 17.5 Å². The summed E-state index contributed by atoms with van der Waals surface area (Å²) in [6, 6.07) is 0.